The number of hydrogen-bond acceptors (Lipinski definition) is 2. The number of halogens is 1. The van der Waals surface area contributed by atoms with E-state index in [1.807, 2.05) is 0 Å². The topological polar surface area (TPSA) is 43.0 Å². The molecule has 5 rings (SSSR count). The molecule has 2 aromatic carbocycles. The average molecular weight is 452 g/mol. The summed E-state index contributed by atoms with van der Waals surface area (Å²) in [5.74, 6) is 2.25. The summed E-state index contributed by atoms with van der Waals surface area (Å²) in [5, 5.41) is 5.06. The van der Waals surface area contributed by atoms with Crippen LogP contribution in [0.1, 0.15) is 67.2 Å². The summed E-state index contributed by atoms with van der Waals surface area (Å²) in [6.07, 6.45) is 10.4. The first kappa shape index (κ1) is 23.4. The molecule has 0 spiro atoms. The van der Waals surface area contributed by atoms with Crippen LogP contribution in [0.2, 0.25) is 0 Å². The van der Waals surface area contributed by atoms with Crippen molar-refractivity contribution in [3.8, 4) is 0 Å². The second-order valence-electron chi connectivity index (χ2n) is 9.90. The second-order valence-corrected chi connectivity index (χ2v) is 9.90. The van der Waals surface area contributed by atoms with Gasteiger partial charge in [-0.15, -0.1) is 12.4 Å². The van der Waals surface area contributed by atoms with Gasteiger partial charge in [0, 0.05) is 29.1 Å². The molecule has 2 bridgehead atoms. The monoisotopic (exact) mass is 451 g/mol. The Bertz CT molecular complexity index is 1030. The van der Waals surface area contributed by atoms with E-state index in [0.29, 0.717) is 12.0 Å². The third-order valence-corrected chi connectivity index (χ3v) is 7.82. The maximum atomic E-state index is 5.68. The van der Waals surface area contributed by atoms with Gasteiger partial charge in [0.15, 0.2) is 0 Å². The SMILES string of the molecule is Cc1cccc(C(CCNCCCN)c2cn(C3CC4CCC3C4)c3ccccc23)c1.Cl. The zero-order valence-corrected chi connectivity index (χ0v) is 20.1. The first-order valence-corrected chi connectivity index (χ1v) is 12.3. The second kappa shape index (κ2) is 10.4. The third kappa shape index (κ3) is 4.62. The number of para-hydroxylation sites is 1. The number of aryl methyl sites for hydroxylation is 1. The van der Waals surface area contributed by atoms with Crippen molar-refractivity contribution in [3.05, 3.63) is 71.4 Å². The molecule has 2 saturated carbocycles. The summed E-state index contributed by atoms with van der Waals surface area (Å²) in [6, 6.07) is 18.9. The summed E-state index contributed by atoms with van der Waals surface area (Å²) in [6.45, 7) is 4.99. The zero-order chi connectivity index (χ0) is 21.2. The number of nitrogens with zero attached hydrogens (tertiary/aromatic N) is 1. The molecule has 0 radical (unpaired) electrons. The van der Waals surface area contributed by atoms with Crippen LogP contribution in [0.15, 0.2) is 54.7 Å². The number of hydrogen-bond donors (Lipinski definition) is 2. The highest BCUT2D eigenvalue weighted by Gasteiger charge is 2.41. The normalized spacial score (nSPS) is 22.9. The number of nitrogens with two attached hydrogens (primary N) is 1. The minimum atomic E-state index is 0. The third-order valence-electron chi connectivity index (χ3n) is 7.82. The van der Waals surface area contributed by atoms with Crippen molar-refractivity contribution < 1.29 is 0 Å². The molecule has 2 fully saturated rings. The van der Waals surface area contributed by atoms with Crippen molar-refractivity contribution in [2.45, 2.75) is 57.4 Å². The van der Waals surface area contributed by atoms with Crippen LogP contribution in [0.5, 0.6) is 0 Å². The fraction of sp³-hybridized carbons (Fsp3) is 0.500. The number of aromatic nitrogens is 1. The quantitative estimate of drug-likeness (QED) is 0.380. The highest BCUT2D eigenvalue weighted by Crippen LogP contribution is 2.52. The van der Waals surface area contributed by atoms with Crippen LogP contribution < -0.4 is 11.1 Å². The van der Waals surface area contributed by atoms with Gasteiger partial charge in [-0.05, 0) is 87.7 Å². The molecule has 2 aliphatic rings. The van der Waals surface area contributed by atoms with E-state index in [1.54, 1.807) is 0 Å². The molecule has 3 aromatic rings. The van der Waals surface area contributed by atoms with Gasteiger partial charge in [-0.2, -0.15) is 0 Å². The van der Waals surface area contributed by atoms with Crippen LogP contribution in [-0.2, 0) is 0 Å². The lowest BCUT2D eigenvalue weighted by molar-refractivity contribution is 0.336. The van der Waals surface area contributed by atoms with Crippen molar-refractivity contribution in [1.29, 1.82) is 0 Å². The van der Waals surface area contributed by atoms with Gasteiger partial charge in [-0.3, -0.25) is 0 Å². The maximum absolute atomic E-state index is 5.68. The lowest BCUT2D eigenvalue weighted by Crippen LogP contribution is -2.21. The number of rotatable bonds is 9. The van der Waals surface area contributed by atoms with E-state index in [0.717, 1.165) is 44.3 Å². The van der Waals surface area contributed by atoms with Crippen LogP contribution in [0, 0.1) is 18.8 Å². The van der Waals surface area contributed by atoms with Gasteiger partial charge in [-0.1, -0.05) is 54.4 Å². The minimum Gasteiger partial charge on any atom is -0.344 e. The maximum Gasteiger partial charge on any atom is 0.0486 e. The fourth-order valence-corrected chi connectivity index (χ4v) is 6.32. The van der Waals surface area contributed by atoms with Gasteiger partial charge >= 0.3 is 0 Å². The fourth-order valence-electron chi connectivity index (χ4n) is 6.32. The van der Waals surface area contributed by atoms with Crippen LogP contribution in [0.4, 0.5) is 0 Å². The van der Waals surface area contributed by atoms with Gasteiger partial charge in [-0.25, -0.2) is 0 Å². The molecule has 4 unspecified atom stereocenters. The summed E-state index contributed by atoms with van der Waals surface area (Å²) in [5.41, 5.74) is 11.4. The molecule has 172 valence electrons. The molecule has 2 aliphatic carbocycles. The van der Waals surface area contributed by atoms with E-state index in [9.17, 15) is 0 Å². The lowest BCUT2D eigenvalue weighted by Gasteiger charge is -2.24. The molecule has 0 saturated heterocycles. The summed E-state index contributed by atoms with van der Waals surface area (Å²) in [7, 11) is 0. The van der Waals surface area contributed by atoms with Gasteiger partial charge < -0.3 is 15.6 Å². The highest BCUT2D eigenvalue weighted by atomic mass is 35.5. The van der Waals surface area contributed by atoms with Crippen molar-refractivity contribution in [1.82, 2.24) is 9.88 Å². The van der Waals surface area contributed by atoms with Crippen molar-refractivity contribution in [2.75, 3.05) is 19.6 Å². The molecule has 0 amide bonds. The number of nitrogens with one attached hydrogen (secondary N) is 1. The highest BCUT2D eigenvalue weighted by molar-refractivity contribution is 5.85. The van der Waals surface area contributed by atoms with Crippen molar-refractivity contribution in [2.24, 2.45) is 17.6 Å². The Labute approximate surface area is 199 Å². The van der Waals surface area contributed by atoms with Gasteiger partial charge in [0.25, 0.3) is 0 Å². The first-order chi connectivity index (χ1) is 15.2. The molecule has 3 nitrogen and oxygen atoms in total. The van der Waals surface area contributed by atoms with Crippen LogP contribution in [0.3, 0.4) is 0 Å². The minimum absolute atomic E-state index is 0. The summed E-state index contributed by atoms with van der Waals surface area (Å²) < 4.78 is 2.67. The lowest BCUT2D eigenvalue weighted by atomic mass is 9.87. The molecule has 4 atom stereocenters. The van der Waals surface area contributed by atoms with E-state index in [2.05, 4.69) is 71.5 Å². The standard InChI is InChI=1S/C28H37N3.ClH/c1-20-6-4-7-22(16-20)24(12-15-30-14-5-13-29)26-19-31(27-9-3-2-8-25(26)27)28-18-21-10-11-23(28)17-21;/h2-4,6-9,16,19,21,23-24,28,30H,5,10-15,17-18,29H2,1H3;1H. The molecule has 0 aliphatic heterocycles. The average Bonchev–Trinajstić information content (AvgIpc) is 3.51. The Morgan fingerprint density at radius 1 is 1.06 bits per heavy atom. The summed E-state index contributed by atoms with van der Waals surface area (Å²) in [4.78, 5) is 0. The predicted octanol–water partition coefficient (Wildman–Crippen LogP) is 6.19. The smallest absolute Gasteiger partial charge is 0.0486 e. The van der Waals surface area contributed by atoms with Crippen molar-refractivity contribution >= 4 is 23.3 Å². The number of fused-ring (bicyclic) bond motifs is 3. The molecule has 32 heavy (non-hydrogen) atoms. The Morgan fingerprint density at radius 2 is 1.94 bits per heavy atom. The van der Waals surface area contributed by atoms with Gasteiger partial charge in [0.2, 0.25) is 0 Å². The van der Waals surface area contributed by atoms with E-state index >= 15 is 0 Å². The zero-order valence-electron chi connectivity index (χ0n) is 19.3. The molecule has 3 N–H and O–H groups in total. The van der Waals surface area contributed by atoms with E-state index in [4.69, 9.17) is 5.73 Å². The molecule has 4 heteroatoms. The predicted molar refractivity (Wildman–Crippen MR) is 138 cm³/mol. The summed E-state index contributed by atoms with van der Waals surface area (Å²) >= 11 is 0. The molecule has 1 aromatic heterocycles. The molecular weight excluding hydrogens is 414 g/mol. The Kier molecular flexibility index (Phi) is 7.60. The molecule has 1 heterocycles. The Hall–Kier alpha value is -1.81. The Morgan fingerprint density at radius 3 is 2.69 bits per heavy atom. The van der Waals surface area contributed by atoms with Crippen LogP contribution in [-0.4, -0.2) is 24.2 Å². The largest absolute Gasteiger partial charge is 0.344 e. The van der Waals surface area contributed by atoms with Crippen molar-refractivity contribution in [3.63, 3.8) is 0 Å². The van der Waals surface area contributed by atoms with Crippen LogP contribution >= 0.6 is 12.4 Å². The van der Waals surface area contributed by atoms with Gasteiger partial charge in [0.05, 0.1) is 0 Å². The molecular formula is C28H38ClN3. The van der Waals surface area contributed by atoms with Gasteiger partial charge in [0.1, 0.15) is 0 Å². The van der Waals surface area contributed by atoms with Crippen LogP contribution in [0.25, 0.3) is 10.9 Å². The first-order valence-electron chi connectivity index (χ1n) is 12.3. The Balaban J connectivity index is 0.00000245. The van der Waals surface area contributed by atoms with E-state index in [-0.39, 0.29) is 12.4 Å². The van der Waals surface area contributed by atoms with E-state index in [1.165, 1.54) is 53.3 Å². The number of benzene rings is 2. The van der Waals surface area contributed by atoms with E-state index < -0.39 is 0 Å².